The minimum Gasteiger partial charge on any atom is -0.312 e. The molecule has 0 atom stereocenters. The predicted molar refractivity (Wildman–Crippen MR) is 75.6 cm³/mol. The number of fused-ring (bicyclic) bond motifs is 1. The second kappa shape index (κ2) is 4.69. The Bertz CT molecular complexity index is 571. The summed E-state index contributed by atoms with van der Waals surface area (Å²) in [5, 5.41) is 4.89. The topological polar surface area (TPSA) is 24.9 Å². The van der Waals surface area contributed by atoms with Gasteiger partial charge in [0.2, 0.25) is 0 Å². The van der Waals surface area contributed by atoms with Crippen LogP contribution in [0.25, 0.3) is 10.9 Å². The van der Waals surface area contributed by atoms with Gasteiger partial charge < -0.3 is 5.32 Å². The van der Waals surface area contributed by atoms with Crippen molar-refractivity contribution >= 4 is 10.9 Å². The Morgan fingerprint density at radius 2 is 2.00 bits per heavy atom. The second-order valence-electron chi connectivity index (χ2n) is 5.39. The molecular formula is C16H20N2. The molecule has 0 aliphatic heterocycles. The monoisotopic (exact) mass is 240 g/mol. The van der Waals surface area contributed by atoms with Crippen molar-refractivity contribution in [2.45, 2.75) is 33.2 Å². The van der Waals surface area contributed by atoms with Gasteiger partial charge in [-0.05, 0) is 56.3 Å². The van der Waals surface area contributed by atoms with Gasteiger partial charge in [0.05, 0.1) is 5.52 Å². The number of pyridine rings is 1. The molecule has 1 saturated carbocycles. The molecule has 2 heteroatoms. The highest BCUT2D eigenvalue weighted by molar-refractivity contribution is 5.83. The van der Waals surface area contributed by atoms with E-state index in [0.29, 0.717) is 0 Å². The average Bonchev–Trinajstić information content (AvgIpc) is 3.18. The Balaban J connectivity index is 1.93. The molecule has 94 valence electrons. The van der Waals surface area contributed by atoms with Gasteiger partial charge in [-0.25, -0.2) is 0 Å². The molecule has 0 spiro atoms. The lowest BCUT2D eigenvalue weighted by Gasteiger charge is -2.13. The first-order valence-electron chi connectivity index (χ1n) is 6.81. The van der Waals surface area contributed by atoms with Gasteiger partial charge in [-0.2, -0.15) is 0 Å². The number of aryl methyl sites for hydroxylation is 1. The van der Waals surface area contributed by atoms with E-state index in [1.807, 2.05) is 0 Å². The molecule has 1 aromatic heterocycles. The highest BCUT2D eigenvalue weighted by Gasteiger charge is 2.20. The van der Waals surface area contributed by atoms with Crippen LogP contribution in [0.2, 0.25) is 0 Å². The zero-order valence-electron chi connectivity index (χ0n) is 11.2. The lowest BCUT2D eigenvalue weighted by molar-refractivity contribution is 0.638. The summed E-state index contributed by atoms with van der Waals surface area (Å²) in [5.41, 5.74) is 5.01. The molecule has 2 aromatic rings. The van der Waals surface area contributed by atoms with Crippen LogP contribution < -0.4 is 5.32 Å². The molecular weight excluding hydrogens is 220 g/mol. The Labute approximate surface area is 108 Å². The van der Waals surface area contributed by atoms with Crippen LogP contribution >= 0.6 is 0 Å². The molecule has 1 aliphatic carbocycles. The van der Waals surface area contributed by atoms with Crippen LogP contribution in [-0.4, -0.2) is 11.5 Å². The summed E-state index contributed by atoms with van der Waals surface area (Å²) in [4.78, 5) is 4.66. The van der Waals surface area contributed by atoms with Crippen molar-refractivity contribution in [1.82, 2.24) is 10.3 Å². The number of benzene rings is 1. The molecule has 0 saturated heterocycles. The van der Waals surface area contributed by atoms with Crippen molar-refractivity contribution in [2.75, 3.05) is 6.54 Å². The summed E-state index contributed by atoms with van der Waals surface area (Å²) in [6.07, 6.45) is 2.81. The Kier molecular flexibility index (Phi) is 3.04. The van der Waals surface area contributed by atoms with Crippen molar-refractivity contribution in [3.63, 3.8) is 0 Å². The largest absolute Gasteiger partial charge is 0.312 e. The summed E-state index contributed by atoms with van der Waals surface area (Å²) in [7, 11) is 0. The third kappa shape index (κ3) is 2.25. The summed E-state index contributed by atoms with van der Waals surface area (Å²) < 4.78 is 0. The number of rotatable bonds is 4. The van der Waals surface area contributed by atoms with Crippen molar-refractivity contribution < 1.29 is 0 Å². The fraction of sp³-hybridized carbons (Fsp3) is 0.438. The van der Waals surface area contributed by atoms with E-state index < -0.39 is 0 Å². The highest BCUT2D eigenvalue weighted by Crippen LogP contribution is 2.28. The third-order valence-electron chi connectivity index (χ3n) is 3.94. The van der Waals surface area contributed by atoms with E-state index in [4.69, 9.17) is 0 Å². The summed E-state index contributed by atoms with van der Waals surface area (Å²) >= 11 is 0. The first-order valence-corrected chi connectivity index (χ1v) is 6.81. The van der Waals surface area contributed by atoms with Crippen LogP contribution in [0.1, 0.15) is 29.7 Å². The van der Waals surface area contributed by atoms with Crippen molar-refractivity contribution in [2.24, 2.45) is 5.92 Å². The molecule has 2 nitrogen and oxygen atoms in total. The molecule has 3 rings (SSSR count). The van der Waals surface area contributed by atoms with Crippen molar-refractivity contribution in [1.29, 1.82) is 0 Å². The van der Waals surface area contributed by atoms with Gasteiger partial charge in [0, 0.05) is 17.6 Å². The molecule has 0 amide bonds. The number of hydrogen-bond acceptors (Lipinski definition) is 2. The Morgan fingerprint density at radius 3 is 2.78 bits per heavy atom. The van der Waals surface area contributed by atoms with Crippen LogP contribution in [0.5, 0.6) is 0 Å². The summed E-state index contributed by atoms with van der Waals surface area (Å²) in [6.45, 7) is 6.41. The van der Waals surface area contributed by atoms with E-state index in [0.717, 1.165) is 30.2 Å². The average molecular weight is 240 g/mol. The first-order chi connectivity index (χ1) is 8.75. The van der Waals surface area contributed by atoms with Crippen molar-refractivity contribution in [3.8, 4) is 0 Å². The second-order valence-corrected chi connectivity index (χ2v) is 5.39. The first kappa shape index (κ1) is 11.7. The van der Waals surface area contributed by atoms with Gasteiger partial charge in [-0.3, -0.25) is 4.98 Å². The van der Waals surface area contributed by atoms with E-state index in [-0.39, 0.29) is 0 Å². The smallest absolute Gasteiger partial charge is 0.0708 e. The fourth-order valence-corrected chi connectivity index (χ4v) is 2.46. The van der Waals surface area contributed by atoms with Crippen LogP contribution in [0.3, 0.4) is 0 Å². The van der Waals surface area contributed by atoms with E-state index in [2.05, 4.69) is 48.4 Å². The molecule has 0 radical (unpaired) electrons. The molecule has 1 heterocycles. The number of aromatic nitrogens is 1. The normalized spacial score (nSPS) is 15.2. The van der Waals surface area contributed by atoms with Gasteiger partial charge in [-0.1, -0.05) is 18.2 Å². The number of nitrogens with one attached hydrogen (secondary N) is 1. The quantitative estimate of drug-likeness (QED) is 0.886. The van der Waals surface area contributed by atoms with Gasteiger partial charge in [0.15, 0.2) is 0 Å². The minimum absolute atomic E-state index is 0.930. The maximum absolute atomic E-state index is 4.66. The van der Waals surface area contributed by atoms with Crippen LogP contribution in [0.4, 0.5) is 0 Å². The van der Waals surface area contributed by atoms with Crippen LogP contribution in [0.15, 0.2) is 24.3 Å². The number of hydrogen-bond donors (Lipinski definition) is 1. The van der Waals surface area contributed by atoms with Gasteiger partial charge in [0.1, 0.15) is 0 Å². The number of nitrogens with zero attached hydrogens (tertiary/aromatic N) is 1. The summed E-state index contributed by atoms with van der Waals surface area (Å²) in [5.74, 6) is 0.930. The Morgan fingerprint density at radius 1 is 1.22 bits per heavy atom. The minimum atomic E-state index is 0.930. The third-order valence-corrected chi connectivity index (χ3v) is 3.94. The van der Waals surface area contributed by atoms with E-state index in [9.17, 15) is 0 Å². The van der Waals surface area contributed by atoms with Crippen LogP contribution in [0, 0.1) is 19.8 Å². The van der Waals surface area contributed by atoms with Gasteiger partial charge >= 0.3 is 0 Å². The summed E-state index contributed by atoms with van der Waals surface area (Å²) in [6, 6.07) is 8.45. The molecule has 0 unspecified atom stereocenters. The Hall–Kier alpha value is -1.41. The fourth-order valence-electron chi connectivity index (χ4n) is 2.46. The van der Waals surface area contributed by atoms with Crippen LogP contribution in [-0.2, 0) is 6.54 Å². The van der Waals surface area contributed by atoms with Gasteiger partial charge in [-0.15, -0.1) is 0 Å². The zero-order valence-corrected chi connectivity index (χ0v) is 11.2. The molecule has 1 aliphatic rings. The standard InChI is InChI=1S/C16H20N2/c1-11-12(2)18-16-6-4-3-5-14(16)15(11)10-17-9-13-7-8-13/h3-6,13,17H,7-10H2,1-2H3. The maximum Gasteiger partial charge on any atom is 0.0708 e. The maximum atomic E-state index is 4.66. The van der Waals surface area contributed by atoms with Crippen molar-refractivity contribution in [3.05, 3.63) is 41.1 Å². The lowest BCUT2D eigenvalue weighted by atomic mass is 10.0. The highest BCUT2D eigenvalue weighted by atomic mass is 14.9. The molecule has 18 heavy (non-hydrogen) atoms. The van der Waals surface area contributed by atoms with E-state index in [1.165, 1.54) is 29.4 Å². The SMILES string of the molecule is Cc1nc2ccccc2c(CNCC2CC2)c1C. The van der Waals surface area contributed by atoms with Gasteiger partial charge in [0.25, 0.3) is 0 Å². The zero-order chi connectivity index (χ0) is 12.5. The molecule has 1 aromatic carbocycles. The molecule has 1 fully saturated rings. The molecule has 1 N–H and O–H groups in total. The lowest BCUT2D eigenvalue weighted by Crippen LogP contribution is -2.17. The predicted octanol–water partition coefficient (Wildman–Crippen LogP) is 3.35. The number of para-hydroxylation sites is 1. The van der Waals surface area contributed by atoms with E-state index >= 15 is 0 Å². The van der Waals surface area contributed by atoms with E-state index in [1.54, 1.807) is 0 Å². The molecule has 0 bridgehead atoms.